The lowest BCUT2D eigenvalue weighted by molar-refractivity contribution is 0.972. The van der Waals surface area contributed by atoms with Gasteiger partial charge in [0.15, 0.2) is 0 Å². The van der Waals surface area contributed by atoms with Crippen molar-refractivity contribution < 1.29 is 0 Å². The van der Waals surface area contributed by atoms with Gasteiger partial charge in [0.1, 0.15) is 0 Å². The number of nitrogens with zero attached hydrogens (tertiary/aromatic N) is 2. The van der Waals surface area contributed by atoms with Crippen molar-refractivity contribution in [2.45, 2.75) is 20.8 Å². The zero-order chi connectivity index (χ0) is 21.5. The van der Waals surface area contributed by atoms with E-state index in [-0.39, 0.29) is 0 Å². The van der Waals surface area contributed by atoms with Gasteiger partial charge in [-0.1, -0.05) is 73.9 Å². The van der Waals surface area contributed by atoms with Crippen molar-refractivity contribution in [3.63, 3.8) is 0 Å². The molecule has 2 aromatic carbocycles. The summed E-state index contributed by atoms with van der Waals surface area (Å²) in [6.07, 6.45) is 12.4. The second-order valence-corrected chi connectivity index (χ2v) is 6.91. The number of likely N-dealkylation sites (N-methyl/N-ethyl adjacent to an activating group) is 1. The second-order valence-electron chi connectivity index (χ2n) is 6.91. The van der Waals surface area contributed by atoms with Gasteiger partial charge >= 0.3 is 0 Å². The van der Waals surface area contributed by atoms with Crippen LogP contribution in [0.15, 0.2) is 97.8 Å². The molecule has 0 aliphatic carbocycles. The molecule has 0 unspecified atom stereocenters. The fourth-order valence-corrected chi connectivity index (χ4v) is 3.95. The van der Waals surface area contributed by atoms with Gasteiger partial charge in [0.2, 0.25) is 0 Å². The molecule has 30 heavy (non-hydrogen) atoms. The summed E-state index contributed by atoms with van der Waals surface area (Å²) in [6, 6.07) is 19.0. The maximum Gasteiger partial charge on any atom is 0.0540 e. The topological polar surface area (TPSA) is 8.17 Å². The normalized spacial score (nSPS) is 13.7. The minimum absolute atomic E-state index is 0.874. The van der Waals surface area contributed by atoms with Crippen LogP contribution in [0.25, 0.3) is 28.8 Å². The Morgan fingerprint density at radius 3 is 2.30 bits per heavy atom. The highest BCUT2D eigenvalue weighted by Gasteiger charge is 2.12. The van der Waals surface area contributed by atoms with Crippen molar-refractivity contribution in [1.29, 1.82) is 0 Å². The predicted molar refractivity (Wildman–Crippen MR) is 134 cm³/mol. The minimum atomic E-state index is 0.874. The van der Waals surface area contributed by atoms with Crippen LogP contribution in [-0.4, -0.2) is 11.1 Å². The van der Waals surface area contributed by atoms with Gasteiger partial charge in [-0.05, 0) is 51.1 Å². The Hall–Kier alpha value is -3.52. The third-order valence-electron chi connectivity index (χ3n) is 5.26. The first-order valence-corrected chi connectivity index (χ1v) is 10.4. The van der Waals surface area contributed by atoms with Crippen molar-refractivity contribution in [3.8, 4) is 0 Å². The van der Waals surface area contributed by atoms with E-state index in [1.54, 1.807) is 0 Å². The van der Waals surface area contributed by atoms with Crippen molar-refractivity contribution in [1.82, 2.24) is 4.57 Å². The molecule has 0 aliphatic heterocycles. The summed E-state index contributed by atoms with van der Waals surface area (Å²) in [6.45, 7) is 15.3. The van der Waals surface area contributed by atoms with E-state index in [0.29, 0.717) is 0 Å². The summed E-state index contributed by atoms with van der Waals surface area (Å²) in [4.78, 5) is 2.31. The van der Waals surface area contributed by atoms with Crippen LogP contribution < -0.4 is 15.5 Å². The molecular weight excluding hydrogens is 364 g/mol. The Balaban J connectivity index is 2.27. The lowest BCUT2D eigenvalue weighted by atomic mass is 10.2. The van der Waals surface area contributed by atoms with Gasteiger partial charge in [-0.3, -0.25) is 0 Å². The molecule has 152 valence electrons. The van der Waals surface area contributed by atoms with Gasteiger partial charge in [-0.2, -0.15) is 0 Å². The maximum atomic E-state index is 4.14. The molecule has 3 rings (SSSR count). The van der Waals surface area contributed by atoms with E-state index in [4.69, 9.17) is 0 Å². The predicted octanol–water partition coefficient (Wildman–Crippen LogP) is 5.87. The summed E-state index contributed by atoms with van der Waals surface area (Å²) < 4.78 is 2.28. The molecule has 0 saturated heterocycles. The molecular formula is C28H30N2. The Bertz CT molecular complexity index is 1220. The lowest BCUT2D eigenvalue weighted by Gasteiger charge is -2.25. The van der Waals surface area contributed by atoms with E-state index >= 15 is 0 Å². The molecule has 2 nitrogen and oxygen atoms in total. The molecule has 1 heterocycles. The van der Waals surface area contributed by atoms with Crippen LogP contribution in [0.5, 0.6) is 0 Å². The number of rotatable bonds is 7. The fourth-order valence-electron chi connectivity index (χ4n) is 3.95. The smallest absolute Gasteiger partial charge is 0.0540 e. The first-order chi connectivity index (χ1) is 14.7. The van der Waals surface area contributed by atoms with Gasteiger partial charge in [0.05, 0.1) is 5.52 Å². The number of aromatic nitrogens is 1. The van der Waals surface area contributed by atoms with E-state index in [1.165, 1.54) is 16.3 Å². The summed E-state index contributed by atoms with van der Waals surface area (Å²) in [5.74, 6) is 0. The van der Waals surface area contributed by atoms with Crippen LogP contribution >= 0.6 is 0 Å². The van der Waals surface area contributed by atoms with Crippen LogP contribution in [0.4, 0.5) is 5.69 Å². The first kappa shape index (κ1) is 21.2. The molecule has 0 amide bonds. The van der Waals surface area contributed by atoms with Gasteiger partial charge in [-0.25, -0.2) is 0 Å². The summed E-state index contributed by atoms with van der Waals surface area (Å²) in [7, 11) is 0. The molecule has 0 saturated carbocycles. The SMILES string of the molecule is C=C/C=c1\c(=C/C)n(/C(C=C)=C/C(=C\C)N(CC)c2ccccc2)c2ccccc12. The largest absolute Gasteiger partial charge is 0.342 e. The maximum absolute atomic E-state index is 4.14. The van der Waals surface area contributed by atoms with E-state index in [1.807, 2.05) is 18.2 Å². The zero-order valence-corrected chi connectivity index (χ0v) is 18.2. The number of hydrogen-bond acceptors (Lipinski definition) is 1. The summed E-state index contributed by atoms with van der Waals surface area (Å²) >= 11 is 0. The molecule has 0 spiro atoms. The molecule has 0 aliphatic rings. The van der Waals surface area contributed by atoms with Crippen LogP contribution in [-0.2, 0) is 0 Å². The average molecular weight is 395 g/mol. The first-order valence-electron chi connectivity index (χ1n) is 10.4. The highest BCUT2D eigenvalue weighted by molar-refractivity contribution is 5.87. The number of anilines is 1. The molecule has 0 radical (unpaired) electrons. The van der Waals surface area contributed by atoms with Crippen LogP contribution in [0.1, 0.15) is 20.8 Å². The number of fused-ring (bicyclic) bond motifs is 1. The number of hydrogen-bond donors (Lipinski definition) is 0. The van der Waals surface area contributed by atoms with Gasteiger partial charge in [0, 0.05) is 39.6 Å². The molecule has 0 N–H and O–H groups in total. The molecule has 0 bridgehead atoms. The fraction of sp³-hybridized carbons (Fsp3) is 0.143. The number of allylic oxidation sites excluding steroid dienone is 5. The van der Waals surface area contributed by atoms with Crippen molar-refractivity contribution >= 4 is 34.4 Å². The van der Waals surface area contributed by atoms with Crippen LogP contribution in [0.2, 0.25) is 0 Å². The van der Waals surface area contributed by atoms with E-state index < -0.39 is 0 Å². The van der Waals surface area contributed by atoms with Crippen LogP contribution in [0, 0.1) is 0 Å². The minimum Gasteiger partial charge on any atom is -0.342 e. The number of benzene rings is 2. The molecule has 0 fully saturated rings. The van der Waals surface area contributed by atoms with Crippen molar-refractivity contribution in [2.75, 3.05) is 11.4 Å². The highest BCUT2D eigenvalue weighted by atomic mass is 15.1. The summed E-state index contributed by atoms with van der Waals surface area (Å²) in [5, 5.41) is 3.52. The zero-order valence-electron chi connectivity index (χ0n) is 18.2. The second kappa shape index (κ2) is 9.80. The Morgan fingerprint density at radius 1 is 1.00 bits per heavy atom. The van der Waals surface area contributed by atoms with Crippen molar-refractivity contribution in [2.24, 2.45) is 0 Å². The molecule has 0 atom stereocenters. The highest BCUT2D eigenvalue weighted by Crippen LogP contribution is 2.22. The van der Waals surface area contributed by atoms with Gasteiger partial charge in [0.25, 0.3) is 0 Å². The molecule has 3 aromatic rings. The number of para-hydroxylation sites is 2. The van der Waals surface area contributed by atoms with Gasteiger partial charge < -0.3 is 9.47 Å². The summed E-state index contributed by atoms with van der Waals surface area (Å²) in [5.41, 5.74) is 4.49. The monoisotopic (exact) mass is 394 g/mol. The Kier molecular flexibility index (Phi) is 6.92. The quantitative estimate of drug-likeness (QED) is 0.455. The molecule has 1 aromatic heterocycles. The standard InChI is InChI=1S/C28H30N2/c1-6-16-25-26-19-14-15-20-28(26)30(27(25)9-4)23(8-3)21-22(7-2)29(10-5)24-17-12-11-13-18-24/h6-9,11-21H,1,3,10H2,2,4-5H3/b22-7+,23-21+,25-16-,27-9+. The Labute approximate surface area is 179 Å². The van der Waals surface area contributed by atoms with E-state index in [9.17, 15) is 0 Å². The van der Waals surface area contributed by atoms with Gasteiger partial charge in [-0.15, -0.1) is 0 Å². The average Bonchev–Trinajstić information content (AvgIpc) is 3.11. The third-order valence-corrected chi connectivity index (χ3v) is 5.26. The molecule has 2 heteroatoms. The van der Waals surface area contributed by atoms with E-state index in [2.05, 4.69) is 116 Å². The third kappa shape index (κ3) is 3.95. The van der Waals surface area contributed by atoms with E-state index in [0.717, 1.165) is 28.8 Å². The van der Waals surface area contributed by atoms with Crippen molar-refractivity contribution in [3.05, 3.63) is 108 Å². The Morgan fingerprint density at radius 2 is 1.70 bits per heavy atom. The van der Waals surface area contributed by atoms with Crippen LogP contribution in [0.3, 0.4) is 0 Å². The lowest BCUT2D eigenvalue weighted by Crippen LogP contribution is -2.28.